The number of likely N-dealkylation sites (tertiary alicyclic amines) is 1. The van der Waals surface area contributed by atoms with Crippen molar-refractivity contribution in [1.82, 2.24) is 29.2 Å². The van der Waals surface area contributed by atoms with E-state index in [0.717, 1.165) is 68.3 Å². The van der Waals surface area contributed by atoms with Crippen LogP contribution in [-0.2, 0) is 34.8 Å². The molecule has 2 aliphatic heterocycles. The van der Waals surface area contributed by atoms with Crippen molar-refractivity contribution in [1.29, 1.82) is 5.26 Å². The zero-order chi connectivity index (χ0) is 33.5. The SMILES string of the molecule is CO[C@@H]1C[C@@H]([C@H](C)Oc2nc(-c3onc4c3CCC[C@@]43CCCc4sc(N)c(C#N)c43)nc3c2n(C)c(=O)n3[C@H]2CO[C@@H](C)C2)N(C)C1. The van der Waals surface area contributed by atoms with E-state index >= 15 is 0 Å². The average Bonchev–Trinajstić information content (AvgIpc) is 3.88. The summed E-state index contributed by atoms with van der Waals surface area (Å²) < 4.78 is 27.8. The number of methoxy groups -OCH3 is 1. The van der Waals surface area contributed by atoms with Crippen LogP contribution in [0.4, 0.5) is 5.00 Å². The lowest BCUT2D eigenvalue weighted by Crippen LogP contribution is -2.38. The Bertz CT molecular complexity index is 2000. The number of nitrogen functional groups attached to an aromatic ring is 1. The number of hydrogen-bond acceptors (Lipinski definition) is 12. The number of fused-ring (bicyclic) bond motifs is 5. The number of nitrogens with two attached hydrogens (primary N) is 1. The second-order valence-electron chi connectivity index (χ2n) is 14.1. The van der Waals surface area contributed by atoms with Crippen molar-refractivity contribution < 1.29 is 18.7 Å². The maximum Gasteiger partial charge on any atom is 0.330 e. The smallest absolute Gasteiger partial charge is 0.330 e. The van der Waals surface area contributed by atoms with Gasteiger partial charge < -0.3 is 24.5 Å². The van der Waals surface area contributed by atoms with Gasteiger partial charge in [0.1, 0.15) is 17.2 Å². The van der Waals surface area contributed by atoms with E-state index in [0.29, 0.717) is 52.2 Å². The third-order valence-corrected chi connectivity index (χ3v) is 12.3. The van der Waals surface area contributed by atoms with Crippen LogP contribution in [0.3, 0.4) is 0 Å². The number of ether oxygens (including phenoxy) is 3. The molecule has 0 bridgehead atoms. The van der Waals surface area contributed by atoms with Gasteiger partial charge in [-0.05, 0) is 77.8 Å². The van der Waals surface area contributed by atoms with E-state index in [1.807, 2.05) is 13.8 Å². The van der Waals surface area contributed by atoms with E-state index in [9.17, 15) is 10.1 Å². The maximum absolute atomic E-state index is 13.9. The molecule has 0 aromatic carbocycles. The molecule has 6 heterocycles. The molecule has 0 radical (unpaired) electrons. The Morgan fingerprint density at radius 1 is 1.19 bits per heavy atom. The summed E-state index contributed by atoms with van der Waals surface area (Å²) in [7, 11) is 5.55. The summed E-state index contributed by atoms with van der Waals surface area (Å²) in [6.45, 7) is 5.29. The van der Waals surface area contributed by atoms with Crippen LogP contribution in [0.1, 0.15) is 85.7 Å². The highest BCUT2D eigenvalue weighted by molar-refractivity contribution is 7.16. The van der Waals surface area contributed by atoms with E-state index < -0.39 is 5.41 Å². The van der Waals surface area contributed by atoms with Gasteiger partial charge in [-0.1, -0.05) is 5.16 Å². The van der Waals surface area contributed by atoms with Gasteiger partial charge in [-0.25, -0.2) is 9.78 Å². The molecule has 254 valence electrons. The van der Waals surface area contributed by atoms with Gasteiger partial charge in [-0.3, -0.25) is 14.0 Å². The molecule has 13 nitrogen and oxygen atoms in total. The molecule has 2 N–H and O–H groups in total. The lowest BCUT2D eigenvalue weighted by Gasteiger charge is -2.39. The van der Waals surface area contributed by atoms with Gasteiger partial charge in [0.05, 0.1) is 36.1 Å². The number of aryl methyl sites for hydroxylation is 2. The normalized spacial score (nSPS) is 27.8. The summed E-state index contributed by atoms with van der Waals surface area (Å²) in [6.07, 6.45) is 6.67. The Labute approximate surface area is 282 Å². The highest BCUT2D eigenvalue weighted by Gasteiger charge is 2.48. The van der Waals surface area contributed by atoms with Crippen LogP contribution in [-0.4, -0.2) is 80.8 Å². The summed E-state index contributed by atoms with van der Waals surface area (Å²) >= 11 is 1.52. The van der Waals surface area contributed by atoms with Crippen molar-refractivity contribution >= 4 is 27.5 Å². The van der Waals surface area contributed by atoms with Crippen molar-refractivity contribution in [2.24, 2.45) is 7.05 Å². The van der Waals surface area contributed by atoms with Crippen LogP contribution in [0.15, 0.2) is 9.32 Å². The zero-order valence-corrected chi connectivity index (χ0v) is 28.9. The largest absolute Gasteiger partial charge is 0.471 e. The molecule has 4 aromatic heterocycles. The molecular formula is C34H42N8O5S. The summed E-state index contributed by atoms with van der Waals surface area (Å²) in [5, 5.41) is 15.4. The number of imidazole rings is 1. The summed E-state index contributed by atoms with van der Waals surface area (Å²) in [5.41, 5.74) is 10.1. The van der Waals surface area contributed by atoms with E-state index in [1.54, 1.807) is 23.3 Å². The third kappa shape index (κ3) is 4.65. The van der Waals surface area contributed by atoms with Crippen molar-refractivity contribution in [3.8, 4) is 23.5 Å². The second kappa shape index (κ2) is 11.7. The van der Waals surface area contributed by atoms with Crippen LogP contribution in [0.2, 0.25) is 0 Å². The van der Waals surface area contributed by atoms with Gasteiger partial charge in [0.25, 0.3) is 0 Å². The molecule has 4 aromatic rings. The Morgan fingerprint density at radius 3 is 2.69 bits per heavy atom. The first-order valence-corrected chi connectivity index (χ1v) is 17.8. The molecular weight excluding hydrogens is 632 g/mol. The van der Waals surface area contributed by atoms with Gasteiger partial charge >= 0.3 is 5.69 Å². The lowest BCUT2D eigenvalue weighted by molar-refractivity contribution is 0.108. The molecule has 14 heteroatoms. The van der Waals surface area contributed by atoms with Crippen LogP contribution >= 0.6 is 11.3 Å². The zero-order valence-electron chi connectivity index (χ0n) is 28.1. The van der Waals surface area contributed by atoms with Gasteiger partial charge in [0, 0.05) is 42.6 Å². The van der Waals surface area contributed by atoms with Gasteiger partial charge in [-0.15, -0.1) is 11.3 Å². The Kier molecular flexibility index (Phi) is 7.67. The fourth-order valence-electron chi connectivity index (χ4n) is 8.91. The first kappa shape index (κ1) is 31.5. The van der Waals surface area contributed by atoms with Crippen LogP contribution in [0.5, 0.6) is 5.88 Å². The quantitative estimate of drug-likeness (QED) is 0.314. The first-order valence-electron chi connectivity index (χ1n) is 17.0. The first-order chi connectivity index (χ1) is 23.1. The second-order valence-corrected chi connectivity index (χ2v) is 15.2. The standard InChI is InChI=1S/C34H42N8O5S/c1-17-12-19(16-45-17)42-31-26(41(4)33(42)43)32(46-18(2)23-13-20(44-5)15-40(23)3)38-30(37-31)27-21-8-6-10-34(28(21)39-47-27)11-7-9-24-25(34)22(14-35)29(36)48-24/h17-20,23H,6-13,15-16,36H2,1-5H3/t17-,18-,19+,20+,23-,34-/m0/s1. The molecule has 8 rings (SSSR count). The Hall–Kier alpha value is -3.77. The molecule has 2 saturated heterocycles. The Morgan fingerprint density at radius 2 is 1.98 bits per heavy atom. The monoisotopic (exact) mass is 674 g/mol. The molecule has 0 saturated carbocycles. The third-order valence-electron chi connectivity index (χ3n) is 11.2. The van der Waals surface area contributed by atoms with Gasteiger partial charge in [-0.2, -0.15) is 10.2 Å². The van der Waals surface area contributed by atoms with Gasteiger partial charge in [0.2, 0.25) is 17.5 Å². The average molecular weight is 675 g/mol. The fraction of sp³-hybridized carbons (Fsp3) is 0.618. The molecule has 48 heavy (non-hydrogen) atoms. The summed E-state index contributed by atoms with van der Waals surface area (Å²) in [6, 6.07) is 2.32. The number of likely N-dealkylation sites (N-methyl/N-ethyl adjacent to an activating group) is 1. The molecule has 6 atom stereocenters. The minimum atomic E-state index is -0.447. The molecule has 4 aliphatic rings. The number of aromatic nitrogens is 5. The van der Waals surface area contributed by atoms with Crippen molar-refractivity contribution in [3.63, 3.8) is 0 Å². The van der Waals surface area contributed by atoms with Crippen molar-refractivity contribution in [3.05, 3.63) is 37.7 Å². The van der Waals surface area contributed by atoms with E-state index in [2.05, 4.69) is 18.0 Å². The molecule has 0 unspecified atom stereocenters. The number of thiophene rings is 1. The van der Waals surface area contributed by atoms with E-state index in [4.69, 9.17) is 39.6 Å². The minimum Gasteiger partial charge on any atom is -0.471 e. The predicted molar refractivity (Wildman–Crippen MR) is 179 cm³/mol. The topological polar surface area (TPSA) is 159 Å². The van der Waals surface area contributed by atoms with Crippen molar-refractivity contribution in [2.45, 2.75) is 101 Å². The fourth-order valence-corrected chi connectivity index (χ4v) is 10.1. The number of anilines is 1. The summed E-state index contributed by atoms with van der Waals surface area (Å²) in [5.74, 6) is 1.14. The highest BCUT2D eigenvalue weighted by Crippen LogP contribution is 2.54. The molecule has 2 aliphatic carbocycles. The van der Waals surface area contributed by atoms with Crippen LogP contribution < -0.4 is 16.2 Å². The number of nitriles is 1. The molecule has 2 fully saturated rings. The van der Waals surface area contributed by atoms with Crippen LogP contribution in [0.25, 0.3) is 22.7 Å². The number of rotatable bonds is 6. The van der Waals surface area contributed by atoms with Crippen molar-refractivity contribution in [2.75, 3.05) is 33.0 Å². The lowest BCUT2D eigenvalue weighted by atomic mass is 9.62. The summed E-state index contributed by atoms with van der Waals surface area (Å²) in [4.78, 5) is 27.4. The minimum absolute atomic E-state index is 0.0307. The molecule has 1 spiro atoms. The van der Waals surface area contributed by atoms with E-state index in [-0.39, 0.29) is 36.1 Å². The number of hydrogen-bond donors (Lipinski definition) is 1. The molecule has 0 amide bonds. The van der Waals surface area contributed by atoms with Crippen LogP contribution in [0, 0.1) is 11.3 Å². The maximum atomic E-state index is 13.9. The van der Waals surface area contributed by atoms with Gasteiger partial charge in [0.15, 0.2) is 11.2 Å². The predicted octanol–water partition coefficient (Wildman–Crippen LogP) is 4.10. The Balaban J connectivity index is 1.29. The highest BCUT2D eigenvalue weighted by atomic mass is 32.1. The van der Waals surface area contributed by atoms with E-state index in [1.165, 1.54) is 16.2 Å². The number of nitrogens with zero attached hydrogens (tertiary/aromatic N) is 7.